The van der Waals surface area contributed by atoms with Crippen LogP contribution < -0.4 is 15.0 Å². The van der Waals surface area contributed by atoms with Crippen LogP contribution in [0.5, 0.6) is 5.75 Å². The van der Waals surface area contributed by atoms with Crippen molar-refractivity contribution in [3.05, 3.63) is 59.7 Å². The molecule has 1 heterocycles. The summed E-state index contributed by atoms with van der Waals surface area (Å²) in [6, 6.07) is 15.5. The Kier molecular flexibility index (Phi) is 5.56. The van der Waals surface area contributed by atoms with Crippen molar-refractivity contribution in [3.63, 3.8) is 0 Å². The molecule has 1 aliphatic heterocycles. The van der Waals surface area contributed by atoms with Gasteiger partial charge < -0.3 is 19.7 Å². The molecule has 2 aromatic carbocycles. The standard InChI is InChI=1S/C20H24N2O3/c1-15(21-20(23)18-5-3-4-6-19(18)24-2)16-7-9-17(10-8-16)22-11-13-25-14-12-22/h3-10,15H,11-14H2,1-2H3,(H,21,23). The lowest BCUT2D eigenvalue weighted by molar-refractivity contribution is 0.0937. The lowest BCUT2D eigenvalue weighted by atomic mass is 10.1. The Morgan fingerprint density at radius 2 is 1.80 bits per heavy atom. The maximum absolute atomic E-state index is 12.5. The number of para-hydroxylation sites is 1. The molecule has 5 nitrogen and oxygen atoms in total. The maximum Gasteiger partial charge on any atom is 0.255 e. The first-order chi connectivity index (χ1) is 12.2. The van der Waals surface area contributed by atoms with E-state index >= 15 is 0 Å². The summed E-state index contributed by atoms with van der Waals surface area (Å²) in [7, 11) is 1.57. The van der Waals surface area contributed by atoms with Crippen LogP contribution in [-0.2, 0) is 4.74 Å². The van der Waals surface area contributed by atoms with Crippen LogP contribution in [0.2, 0.25) is 0 Å². The first kappa shape index (κ1) is 17.3. The molecule has 0 spiro atoms. The number of carbonyl (C=O) groups excluding carboxylic acids is 1. The van der Waals surface area contributed by atoms with Gasteiger partial charge in [-0.15, -0.1) is 0 Å². The topological polar surface area (TPSA) is 50.8 Å². The first-order valence-corrected chi connectivity index (χ1v) is 8.55. The third kappa shape index (κ3) is 4.12. The smallest absolute Gasteiger partial charge is 0.255 e. The Balaban J connectivity index is 1.66. The summed E-state index contributed by atoms with van der Waals surface area (Å²) in [6.07, 6.45) is 0. The second kappa shape index (κ2) is 8.03. The number of hydrogen-bond donors (Lipinski definition) is 1. The molecular weight excluding hydrogens is 316 g/mol. The summed E-state index contributed by atoms with van der Waals surface area (Å²) in [6.45, 7) is 5.36. The lowest BCUT2D eigenvalue weighted by Gasteiger charge is -2.29. The van der Waals surface area contributed by atoms with Gasteiger partial charge in [0, 0.05) is 18.8 Å². The van der Waals surface area contributed by atoms with Gasteiger partial charge in [0.2, 0.25) is 0 Å². The highest BCUT2D eigenvalue weighted by Gasteiger charge is 2.16. The van der Waals surface area contributed by atoms with E-state index in [0.29, 0.717) is 11.3 Å². The molecule has 1 unspecified atom stereocenters. The van der Waals surface area contributed by atoms with Crippen LogP contribution in [0.3, 0.4) is 0 Å². The number of ether oxygens (including phenoxy) is 2. The number of rotatable bonds is 5. The lowest BCUT2D eigenvalue weighted by Crippen LogP contribution is -2.36. The van der Waals surface area contributed by atoms with Crippen molar-refractivity contribution >= 4 is 11.6 Å². The fourth-order valence-electron chi connectivity index (χ4n) is 2.99. The second-order valence-corrected chi connectivity index (χ2v) is 6.09. The van der Waals surface area contributed by atoms with Crippen LogP contribution in [0.4, 0.5) is 5.69 Å². The van der Waals surface area contributed by atoms with E-state index in [1.807, 2.05) is 19.1 Å². The van der Waals surface area contributed by atoms with Crippen molar-refractivity contribution < 1.29 is 14.3 Å². The molecule has 5 heteroatoms. The summed E-state index contributed by atoms with van der Waals surface area (Å²) in [5, 5.41) is 3.03. The van der Waals surface area contributed by atoms with E-state index < -0.39 is 0 Å². The van der Waals surface area contributed by atoms with Crippen molar-refractivity contribution in [2.45, 2.75) is 13.0 Å². The van der Waals surface area contributed by atoms with E-state index in [2.05, 4.69) is 34.5 Å². The average Bonchev–Trinajstić information content (AvgIpc) is 2.68. The van der Waals surface area contributed by atoms with Crippen molar-refractivity contribution in [3.8, 4) is 5.75 Å². The SMILES string of the molecule is COc1ccccc1C(=O)NC(C)c1ccc(N2CCOCC2)cc1. The third-order valence-electron chi connectivity index (χ3n) is 4.47. The minimum absolute atomic E-state index is 0.0869. The zero-order valence-corrected chi connectivity index (χ0v) is 14.7. The molecule has 1 saturated heterocycles. The quantitative estimate of drug-likeness (QED) is 0.909. The molecule has 2 aromatic rings. The molecule has 0 radical (unpaired) electrons. The fraction of sp³-hybridized carbons (Fsp3) is 0.350. The van der Waals surface area contributed by atoms with Crippen molar-refractivity contribution in [2.75, 3.05) is 38.3 Å². The van der Waals surface area contributed by atoms with Crippen LogP contribution in [0, 0.1) is 0 Å². The highest BCUT2D eigenvalue weighted by Crippen LogP contribution is 2.22. The highest BCUT2D eigenvalue weighted by molar-refractivity contribution is 5.97. The molecule has 3 rings (SSSR count). The van der Waals surface area contributed by atoms with Gasteiger partial charge in [0.25, 0.3) is 5.91 Å². The van der Waals surface area contributed by atoms with E-state index in [1.165, 1.54) is 5.69 Å². The normalized spacial score (nSPS) is 15.5. The van der Waals surface area contributed by atoms with Gasteiger partial charge in [-0.1, -0.05) is 24.3 Å². The number of carbonyl (C=O) groups is 1. The molecular formula is C20H24N2O3. The van der Waals surface area contributed by atoms with Gasteiger partial charge in [0.05, 0.1) is 31.9 Å². The highest BCUT2D eigenvalue weighted by atomic mass is 16.5. The summed E-state index contributed by atoms with van der Waals surface area (Å²) >= 11 is 0. The Labute approximate surface area is 148 Å². The van der Waals surface area contributed by atoms with Gasteiger partial charge >= 0.3 is 0 Å². The van der Waals surface area contributed by atoms with Crippen molar-refractivity contribution in [2.24, 2.45) is 0 Å². The molecule has 0 aliphatic carbocycles. The molecule has 1 fully saturated rings. The van der Waals surface area contributed by atoms with Crippen LogP contribution in [0.15, 0.2) is 48.5 Å². The predicted octanol–water partition coefficient (Wildman–Crippen LogP) is 3.02. The molecule has 0 bridgehead atoms. The molecule has 132 valence electrons. The number of hydrogen-bond acceptors (Lipinski definition) is 4. The number of nitrogens with zero attached hydrogens (tertiary/aromatic N) is 1. The van der Waals surface area contributed by atoms with E-state index in [0.717, 1.165) is 31.9 Å². The van der Waals surface area contributed by atoms with E-state index in [-0.39, 0.29) is 11.9 Å². The van der Waals surface area contributed by atoms with Gasteiger partial charge in [0.15, 0.2) is 0 Å². The molecule has 0 saturated carbocycles. The zero-order chi connectivity index (χ0) is 17.6. The Hall–Kier alpha value is -2.53. The Morgan fingerprint density at radius 1 is 1.12 bits per heavy atom. The Bertz CT molecular complexity index is 709. The van der Waals surface area contributed by atoms with Crippen molar-refractivity contribution in [1.29, 1.82) is 0 Å². The van der Waals surface area contributed by atoms with Crippen LogP contribution in [0.25, 0.3) is 0 Å². The number of methoxy groups -OCH3 is 1. The summed E-state index contributed by atoms with van der Waals surface area (Å²) in [4.78, 5) is 14.8. The van der Waals surface area contributed by atoms with E-state index in [9.17, 15) is 4.79 Å². The minimum Gasteiger partial charge on any atom is -0.496 e. The molecule has 1 amide bonds. The second-order valence-electron chi connectivity index (χ2n) is 6.09. The zero-order valence-electron chi connectivity index (χ0n) is 14.7. The molecule has 0 aromatic heterocycles. The molecule has 1 atom stereocenters. The number of nitrogens with one attached hydrogen (secondary N) is 1. The van der Waals surface area contributed by atoms with E-state index in [1.54, 1.807) is 19.2 Å². The van der Waals surface area contributed by atoms with Gasteiger partial charge in [-0.05, 0) is 36.8 Å². The summed E-state index contributed by atoms with van der Waals surface area (Å²) in [5.41, 5.74) is 2.80. The van der Waals surface area contributed by atoms with E-state index in [4.69, 9.17) is 9.47 Å². The monoisotopic (exact) mass is 340 g/mol. The summed E-state index contributed by atoms with van der Waals surface area (Å²) in [5.74, 6) is 0.442. The Morgan fingerprint density at radius 3 is 2.48 bits per heavy atom. The van der Waals surface area contributed by atoms with Gasteiger partial charge in [0.1, 0.15) is 5.75 Å². The number of benzene rings is 2. The van der Waals surface area contributed by atoms with Gasteiger partial charge in [-0.25, -0.2) is 0 Å². The third-order valence-corrected chi connectivity index (χ3v) is 4.47. The predicted molar refractivity (Wildman–Crippen MR) is 98.3 cm³/mol. The molecule has 25 heavy (non-hydrogen) atoms. The number of morpholine rings is 1. The first-order valence-electron chi connectivity index (χ1n) is 8.55. The summed E-state index contributed by atoms with van der Waals surface area (Å²) < 4.78 is 10.6. The minimum atomic E-state index is -0.137. The van der Waals surface area contributed by atoms with Gasteiger partial charge in [-0.2, -0.15) is 0 Å². The van der Waals surface area contributed by atoms with Crippen LogP contribution >= 0.6 is 0 Å². The number of amides is 1. The van der Waals surface area contributed by atoms with Crippen LogP contribution in [0.1, 0.15) is 28.9 Å². The van der Waals surface area contributed by atoms with Crippen LogP contribution in [-0.4, -0.2) is 39.3 Å². The molecule has 1 aliphatic rings. The van der Waals surface area contributed by atoms with Gasteiger partial charge in [-0.3, -0.25) is 4.79 Å². The molecule has 1 N–H and O–H groups in total. The largest absolute Gasteiger partial charge is 0.496 e. The van der Waals surface area contributed by atoms with Crippen molar-refractivity contribution in [1.82, 2.24) is 5.32 Å². The number of anilines is 1. The fourth-order valence-corrected chi connectivity index (χ4v) is 2.99. The average molecular weight is 340 g/mol. The maximum atomic E-state index is 12.5.